The molecule has 0 amide bonds. The Morgan fingerprint density at radius 3 is 2.56 bits per heavy atom. The molecule has 0 aliphatic carbocycles. The highest BCUT2D eigenvalue weighted by Crippen LogP contribution is 2.26. The van der Waals surface area contributed by atoms with E-state index in [4.69, 9.17) is 5.73 Å². The van der Waals surface area contributed by atoms with Gasteiger partial charge in [0.1, 0.15) is 0 Å². The minimum atomic E-state index is 0.844. The van der Waals surface area contributed by atoms with Gasteiger partial charge in [-0.25, -0.2) is 0 Å². The summed E-state index contributed by atoms with van der Waals surface area (Å²) < 4.78 is 0. The Kier molecular flexibility index (Phi) is 3.25. The molecule has 2 N–H and O–H groups in total. The van der Waals surface area contributed by atoms with Crippen LogP contribution in [0.2, 0.25) is 0 Å². The number of hydrogen-bond acceptors (Lipinski definition) is 1. The lowest BCUT2D eigenvalue weighted by Crippen LogP contribution is -1.90. The van der Waals surface area contributed by atoms with E-state index in [2.05, 4.69) is 37.3 Å². The monoisotopic (exact) mass is 211 g/mol. The lowest BCUT2D eigenvalue weighted by atomic mass is 10.00. The van der Waals surface area contributed by atoms with Gasteiger partial charge in [-0.05, 0) is 23.6 Å². The highest BCUT2D eigenvalue weighted by Gasteiger charge is 2.01. The third-order valence-electron chi connectivity index (χ3n) is 2.74. The maximum atomic E-state index is 5.98. The molecule has 2 aromatic rings. The molecule has 0 heterocycles. The maximum Gasteiger partial charge on any atom is 0.0393 e. The van der Waals surface area contributed by atoms with E-state index in [-0.39, 0.29) is 0 Å². The molecule has 0 atom stereocenters. The first kappa shape index (κ1) is 10.7. The van der Waals surface area contributed by atoms with Gasteiger partial charge in [0.15, 0.2) is 0 Å². The lowest BCUT2D eigenvalue weighted by Gasteiger charge is -2.07. The second-order valence-corrected chi connectivity index (χ2v) is 4.04. The van der Waals surface area contributed by atoms with E-state index < -0.39 is 0 Å². The van der Waals surface area contributed by atoms with Crippen LogP contribution in [0.1, 0.15) is 18.9 Å². The van der Waals surface area contributed by atoms with Crippen LogP contribution in [0.5, 0.6) is 0 Å². The van der Waals surface area contributed by atoms with Crippen LogP contribution in [0.15, 0.2) is 48.5 Å². The second kappa shape index (κ2) is 4.84. The average Bonchev–Trinajstić information content (AvgIpc) is 2.30. The van der Waals surface area contributed by atoms with Gasteiger partial charge in [-0.15, -0.1) is 0 Å². The van der Waals surface area contributed by atoms with Gasteiger partial charge in [0.25, 0.3) is 0 Å². The Balaban J connectivity index is 2.40. The molecule has 0 aromatic heterocycles. The van der Waals surface area contributed by atoms with E-state index in [1.807, 2.05) is 18.2 Å². The van der Waals surface area contributed by atoms with Crippen LogP contribution >= 0.6 is 0 Å². The molecule has 82 valence electrons. The number of para-hydroxylation sites is 1. The van der Waals surface area contributed by atoms with E-state index in [1.165, 1.54) is 17.5 Å². The summed E-state index contributed by atoms with van der Waals surface area (Å²) in [5, 5.41) is 0. The fourth-order valence-electron chi connectivity index (χ4n) is 1.94. The third-order valence-corrected chi connectivity index (χ3v) is 2.74. The van der Waals surface area contributed by atoms with Crippen molar-refractivity contribution in [1.82, 2.24) is 0 Å². The quantitative estimate of drug-likeness (QED) is 0.766. The van der Waals surface area contributed by atoms with E-state index >= 15 is 0 Å². The molecule has 16 heavy (non-hydrogen) atoms. The molecule has 0 aliphatic rings. The minimum absolute atomic E-state index is 0.844. The molecular formula is C15H17N. The molecule has 2 aromatic carbocycles. The fraction of sp³-hybridized carbons (Fsp3) is 0.200. The predicted molar refractivity (Wildman–Crippen MR) is 70.3 cm³/mol. The van der Waals surface area contributed by atoms with Gasteiger partial charge in [0.2, 0.25) is 0 Å². The van der Waals surface area contributed by atoms with E-state index in [0.29, 0.717) is 0 Å². The topological polar surface area (TPSA) is 26.0 Å². The zero-order valence-corrected chi connectivity index (χ0v) is 9.61. The Hall–Kier alpha value is -1.76. The number of nitrogens with two attached hydrogens (primary N) is 1. The normalized spacial score (nSPS) is 10.3. The van der Waals surface area contributed by atoms with Gasteiger partial charge in [-0.1, -0.05) is 55.8 Å². The summed E-state index contributed by atoms with van der Waals surface area (Å²) in [7, 11) is 0. The van der Waals surface area contributed by atoms with E-state index in [9.17, 15) is 0 Å². The summed E-state index contributed by atoms with van der Waals surface area (Å²) in [4.78, 5) is 0. The number of nitrogen functional groups attached to an aromatic ring is 1. The van der Waals surface area contributed by atoms with Gasteiger partial charge >= 0.3 is 0 Å². The molecule has 0 bridgehead atoms. The summed E-state index contributed by atoms with van der Waals surface area (Å²) in [6.07, 6.45) is 2.30. The summed E-state index contributed by atoms with van der Waals surface area (Å²) in [5.74, 6) is 0. The lowest BCUT2D eigenvalue weighted by molar-refractivity contribution is 0.922. The molecule has 1 nitrogen and oxygen atoms in total. The number of aryl methyl sites for hydroxylation is 1. The second-order valence-electron chi connectivity index (χ2n) is 4.04. The first-order valence-electron chi connectivity index (χ1n) is 5.75. The molecule has 0 fully saturated rings. The van der Waals surface area contributed by atoms with Crippen LogP contribution < -0.4 is 5.73 Å². The van der Waals surface area contributed by atoms with Crippen molar-refractivity contribution in [2.24, 2.45) is 0 Å². The molecule has 2 rings (SSSR count). The molecule has 0 saturated heterocycles. The predicted octanol–water partition coefficient (Wildman–Crippen LogP) is 3.89. The van der Waals surface area contributed by atoms with Crippen molar-refractivity contribution in [2.45, 2.75) is 19.8 Å². The Morgan fingerprint density at radius 2 is 1.81 bits per heavy atom. The van der Waals surface area contributed by atoms with Crippen LogP contribution in [0, 0.1) is 0 Å². The first-order valence-corrected chi connectivity index (χ1v) is 5.75. The Bertz CT molecular complexity index is 474. The van der Waals surface area contributed by atoms with Crippen LogP contribution in [0.4, 0.5) is 5.69 Å². The van der Waals surface area contributed by atoms with Gasteiger partial charge in [0, 0.05) is 11.3 Å². The molecule has 0 spiro atoms. The van der Waals surface area contributed by atoms with Crippen LogP contribution in [0.25, 0.3) is 11.1 Å². The summed E-state index contributed by atoms with van der Waals surface area (Å²) in [6, 6.07) is 16.6. The fourth-order valence-corrected chi connectivity index (χ4v) is 1.94. The zero-order valence-electron chi connectivity index (χ0n) is 9.61. The van der Waals surface area contributed by atoms with Crippen molar-refractivity contribution in [2.75, 3.05) is 5.73 Å². The maximum absolute atomic E-state index is 5.98. The van der Waals surface area contributed by atoms with Crippen LogP contribution in [0.3, 0.4) is 0 Å². The van der Waals surface area contributed by atoms with Gasteiger partial charge in [-0.2, -0.15) is 0 Å². The smallest absolute Gasteiger partial charge is 0.0393 e. The summed E-state index contributed by atoms with van der Waals surface area (Å²) in [5.41, 5.74) is 10.5. The van der Waals surface area contributed by atoms with Gasteiger partial charge < -0.3 is 5.73 Å². The molecule has 0 unspecified atom stereocenters. The summed E-state index contributed by atoms with van der Waals surface area (Å²) in [6.45, 7) is 2.20. The van der Waals surface area contributed by atoms with Crippen molar-refractivity contribution in [3.63, 3.8) is 0 Å². The molecule has 0 saturated carbocycles. The third kappa shape index (κ3) is 2.25. The zero-order chi connectivity index (χ0) is 11.4. The van der Waals surface area contributed by atoms with Crippen molar-refractivity contribution in [3.8, 4) is 11.1 Å². The van der Waals surface area contributed by atoms with Gasteiger partial charge in [-0.3, -0.25) is 0 Å². The molecule has 0 aliphatic heterocycles. The highest BCUT2D eigenvalue weighted by molar-refractivity contribution is 5.76. The largest absolute Gasteiger partial charge is 0.398 e. The van der Waals surface area contributed by atoms with Crippen molar-refractivity contribution in [3.05, 3.63) is 54.1 Å². The molecule has 1 heteroatoms. The number of benzene rings is 2. The highest BCUT2D eigenvalue weighted by atomic mass is 14.6. The standard InChI is InChI=1S/C15H17N/c1-2-6-12-7-5-8-13(11-12)14-9-3-4-10-15(14)16/h3-5,7-11H,2,6,16H2,1H3. The van der Waals surface area contributed by atoms with Crippen molar-refractivity contribution < 1.29 is 0 Å². The first-order chi connectivity index (χ1) is 7.81. The Morgan fingerprint density at radius 1 is 1.00 bits per heavy atom. The van der Waals surface area contributed by atoms with Crippen LogP contribution in [-0.2, 0) is 6.42 Å². The molecule has 0 radical (unpaired) electrons. The van der Waals surface area contributed by atoms with E-state index in [0.717, 1.165) is 17.7 Å². The van der Waals surface area contributed by atoms with Gasteiger partial charge in [0.05, 0.1) is 0 Å². The summed E-state index contributed by atoms with van der Waals surface area (Å²) >= 11 is 0. The molecular weight excluding hydrogens is 194 g/mol. The SMILES string of the molecule is CCCc1cccc(-c2ccccc2N)c1. The van der Waals surface area contributed by atoms with Crippen LogP contribution in [-0.4, -0.2) is 0 Å². The van der Waals surface area contributed by atoms with E-state index in [1.54, 1.807) is 0 Å². The van der Waals surface area contributed by atoms with Crippen molar-refractivity contribution in [1.29, 1.82) is 0 Å². The number of hydrogen-bond donors (Lipinski definition) is 1. The minimum Gasteiger partial charge on any atom is -0.398 e. The van der Waals surface area contributed by atoms with Crippen molar-refractivity contribution >= 4 is 5.69 Å². The number of rotatable bonds is 3. The average molecular weight is 211 g/mol. The Labute approximate surface area is 96.9 Å². The number of anilines is 1.